The van der Waals surface area contributed by atoms with Crippen molar-refractivity contribution in [1.29, 1.82) is 0 Å². The quantitative estimate of drug-likeness (QED) is 0.566. The highest BCUT2D eigenvalue weighted by Gasteiger charge is 2.29. The van der Waals surface area contributed by atoms with Crippen molar-refractivity contribution in [2.75, 3.05) is 27.3 Å². The SMILES string of the molecule is COc1cc2cc3n(c2cc1OC)C/C(=C/C1CCN(Cc2ccccc2)CC1)C3=O. The third kappa shape index (κ3) is 3.74. The Kier molecular flexibility index (Phi) is 5.28. The molecule has 5 nitrogen and oxygen atoms in total. The molecule has 1 aromatic heterocycles. The molecule has 2 aliphatic heterocycles. The first kappa shape index (κ1) is 19.9. The lowest BCUT2D eigenvalue weighted by atomic mass is 9.93. The van der Waals surface area contributed by atoms with Crippen LogP contribution in [0.5, 0.6) is 11.5 Å². The fourth-order valence-corrected chi connectivity index (χ4v) is 4.89. The molecule has 3 aromatic rings. The molecule has 0 bridgehead atoms. The van der Waals surface area contributed by atoms with Crippen LogP contribution in [0.3, 0.4) is 0 Å². The third-order valence-electron chi connectivity index (χ3n) is 6.58. The first-order valence-corrected chi connectivity index (χ1v) is 10.9. The molecule has 3 heterocycles. The Bertz CT molecular complexity index is 1140. The number of ether oxygens (including phenoxy) is 2. The lowest BCUT2D eigenvalue weighted by Crippen LogP contribution is -2.32. The van der Waals surface area contributed by atoms with Gasteiger partial charge in [-0.2, -0.15) is 0 Å². The summed E-state index contributed by atoms with van der Waals surface area (Å²) in [5.41, 5.74) is 4.07. The van der Waals surface area contributed by atoms with E-state index in [4.69, 9.17) is 9.47 Å². The number of allylic oxidation sites excluding steroid dienone is 2. The number of likely N-dealkylation sites (tertiary alicyclic amines) is 1. The average molecular weight is 417 g/mol. The van der Waals surface area contributed by atoms with E-state index in [1.807, 2.05) is 18.2 Å². The predicted molar refractivity (Wildman–Crippen MR) is 122 cm³/mol. The number of aromatic nitrogens is 1. The van der Waals surface area contributed by atoms with Gasteiger partial charge in [0.2, 0.25) is 5.78 Å². The monoisotopic (exact) mass is 416 g/mol. The van der Waals surface area contributed by atoms with Gasteiger partial charge in [0.1, 0.15) is 0 Å². The van der Waals surface area contributed by atoms with Gasteiger partial charge in [0.25, 0.3) is 0 Å². The van der Waals surface area contributed by atoms with Crippen LogP contribution in [0.1, 0.15) is 28.9 Å². The number of rotatable bonds is 5. The van der Waals surface area contributed by atoms with Crippen molar-refractivity contribution in [3.63, 3.8) is 0 Å². The van der Waals surface area contributed by atoms with E-state index in [9.17, 15) is 4.79 Å². The smallest absolute Gasteiger partial charge is 0.206 e. The number of methoxy groups -OCH3 is 2. The molecule has 2 aromatic carbocycles. The van der Waals surface area contributed by atoms with Crippen molar-refractivity contribution in [1.82, 2.24) is 9.47 Å². The van der Waals surface area contributed by atoms with E-state index < -0.39 is 0 Å². The molecule has 1 saturated heterocycles. The summed E-state index contributed by atoms with van der Waals surface area (Å²) < 4.78 is 13.0. The number of Topliss-reactive ketones (excluding diaryl/α,β-unsaturated/α-hetero) is 1. The lowest BCUT2D eigenvalue weighted by molar-refractivity contribution is 0.103. The fraction of sp³-hybridized carbons (Fsp3) is 0.346. The molecule has 0 radical (unpaired) electrons. The van der Waals surface area contributed by atoms with E-state index in [2.05, 4.69) is 45.9 Å². The molecule has 0 saturated carbocycles. The molecule has 0 amide bonds. The van der Waals surface area contributed by atoms with Crippen LogP contribution >= 0.6 is 0 Å². The van der Waals surface area contributed by atoms with E-state index >= 15 is 0 Å². The topological polar surface area (TPSA) is 43.7 Å². The Hall–Kier alpha value is -3.05. The van der Waals surface area contributed by atoms with E-state index in [0.29, 0.717) is 24.0 Å². The second-order valence-corrected chi connectivity index (χ2v) is 8.50. The van der Waals surface area contributed by atoms with Gasteiger partial charge in [0.05, 0.1) is 32.0 Å². The van der Waals surface area contributed by atoms with Crippen LogP contribution in [0.4, 0.5) is 0 Å². The van der Waals surface area contributed by atoms with Crippen LogP contribution in [0.25, 0.3) is 10.9 Å². The summed E-state index contributed by atoms with van der Waals surface area (Å²) in [6.45, 7) is 3.79. The number of nitrogens with zero attached hydrogens (tertiary/aromatic N) is 2. The summed E-state index contributed by atoms with van der Waals surface area (Å²) in [6, 6.07) is 16.5. The minimum atomic E-state index is 0.154. The van der Waals surface area contributed by atoms with Crippen molar-refractivity contribution < 1.29 is 14.3 Å². The van der Waals surface area contributed by atoms with Crippen LogP contribution in [-0.4, -0.2) is 42.6 Å². The highest BCUT2D eigenvalue weighted by molar-refractivity contribution is 6.13. The highest BCUT2D eigenvalue weighted by Crippen LogP contribution is 2.37. The number of piperidine rings is 1. The molecule has 0 aliphatic carbocycles. The number of hydrogen-bond donors (Lipinski definition) is 0. The zero-order valence-electron chi connectivity index (χ0n) is 18.1. The number of hydrogen-bond acceptors (Lipinski definition) is 4. The van der Waals surface area contributed by atoms with Gasteiger partial charge in [-0.05, 0) is 49.5 Å². The average Bonchev–Trinajstić information content (AvgIpc) is 3.30. The van der Waals surface area contributed by atoms with Crippen LogP contribution in [0.2, 0.25) is 0 Å². The molecular weight excluding hydrogens is 388 g/mol. The molecule has 0 atom stereocenters. The van der Waals surface area contributed by atoms with E-state index in [0.717, 1.165) is 54.6 Å². The van der Waals surface area contributed by atoms with Gasteiger partial charge in [0.15, 0.2) is 11.5 Å². The van der Waals surface area contributed by atoms with Gasteiger partial charge in [0, 0.05) is 23.6 Å². The zero-order chi connectivity index (χ0) is 21.4. The fourth-order valence-electron chi connectivity index (χ4n) is 4.89. The van der Waals surface area contributed by atoms with Crippen LogP contribution in [0, 0.1) is 5.92 Å². The molecule has 0 unspecified atom stereocenters. The Balaban J connectivity index is 1.29. The standard InChI is InChI=1S/C26H28N2O3/c1-30-24-14-20-13-23-26(29)21(17-28(23)22(20)15-25(24)31-2)12-18-8-10-27(11-9-18)16-19-6-4-3-5-7-19/h3-7,12-15,18H,8-11,16-17H2,1-2H3/b21-12-. The number of carbonyl (C=O) groups is 1. The Morgan fingerprint density at radius 3 is 2.42 bits per heavy atom. The first-order chi connectivity index (χ1) is 15.2. The summed E-state index contributed by atoms with van der Waals surface area (Å²) in [6.07, 6.45) is 4.44. The summed E-state index contributed by atoms with van der Waals surface area (Å²) in [4.78, 5) is 15.6. The molecule has 31 heavy (non-hydrogen) atoms. The van der Waals surface area contributed by atoms with Crippen LogP contribution in [-0.2, 0) is 13.1 Å². The second-order valence-electron chi connectivity index (χ2n) is 8.50. The van der Waals surface area contributed by atoms with Gasteiger partial charge in [-0.1, -0.05) is 36.4 Å². The van der Waals surface area contributed by atoms with Crippen molar-refractivity contribution in [3.8, 4) is 11.5 Å². The van der Waals surface area contributed by atoms with E-state index in [-0.39, 0.29) is 5.78 Å². The maximum atomic E-state index is 13.1. The first-order valence-electron chi connectivity index (χ1n) is 10.9. The van der Waals surface area contributed by atoms with Crippen molar-refractivity contribution >= 4 is 16.7 Å². The normalized spacial score (nSPS) is 18.6. The maximum absolute atomic E-state index is 13.1. The number of carbonyl (C=O) groups excluding carboxylic acids is 1. The summed E-state index contributed by atoms with van der Waals surface area (Å²) in [7, 11) is 3.27. The summed E-state index contributed by atoms with van der Waals surface area (Å²) >= 11 is 0. The Labute approximate surface area is 182 Å². The van der Waals surface area contributed by atoms with Crippen LogP contribution < -0.4 is 9.47 Å². The zero-order valence-corrected chi connectivity index (χ0v) is 18.1. The van der Waals surface area contributed by atoms with Gasteiger partial charge >= 0.3 is 0 Å². The summed E-state index contributed by atoms with van der Waals surface area (Å²) in [5, 5.41) is 1.01. The molecule has 0 N–H and O–H groups in total. The number of ketones is 1. The predicted octanol–water partition coefficient (Wildman–Crippen LogP) is 4.69. The molecule has 160 valence electrons. The van der Waals surface area contributed by atoms with Crippen LogP contribution in [0.15, 0.2) is 60.2 Å². The van der Waals surface area contributed by atoms with Gasteiger partial charge in [-0.25, -0.2) is 0 Å². The minimum Gasteiger partial charge on any atom is -0.493 e. The second kappa shape index (κ2) is 8.23. The molecular formula is C26H28N2O3. The van der Waals surface area contributed by atoms with Gasteiger partial charge < -0.3 is 14.0 Å². The van der Waals surface area contributed by atoms with Gasteiger partial charge in [-0.3, -0.25) is 9.69 Å². The molecule has 5 rings (SSSR count). The highest BCUT2D eigenvalue weighted by atomic mass is 16.5. The number of fused-ring (bicyclic) bond motifs is 3. The minimum absolute atomic E-state index is 0.154. The molecule has 1 fully saturated rings. The van der Waals surface area contributed by atoms with Crippen molar-refractivity contribution in [3.05, 3.63) is 71.4 Å². The number of benzene rings is 2. The third-order valence-corrected chi connectivity index (χ3v) is 6.58. The van der Waals surface area contributed by atoms with Crippen molar-refractivity contribution in [2.24, 2.45) is 5.92 Å². The Morgan fingerprint density at radius 1 is 1.00 bits per heavy atom. The Morgan fingerprint density at radius 2 is 1.71 bits per heavy atom. The lowest BCUT2D eigenvalue weighted by Gasteiger charge is -2.30. The van der Waals surface area contributed by atoms with Gasteiger partial charge in [-0.15, -0.1) is 0 Å². The van der Waals surface area contributed by atoms with E-state index in [1.165, 1.54) is 5.56 Å². The molecule has 5 heteroatoms. The molecule has 2 aliphatic rings. The van der Waals surface area contributed by atoms with E-state index in [1.54, 1.807) is 14.2 Å². The maximum Gasteiger partial charge on any atom is 0.206 e. The largest absolute Gasteiger partial charge is 0.493 e. The van der Waals surface area contributed by atoms with Crippen molar-refractivity contribution in [2.45, 2.75) is 25.9 Å². The summed E-state index contributed by atoms with van der Waals surface area (Å²) in [5.74, 6) is 1.99. The molecule has 0 spiro atoms.